The smallest absolute Gasteiger partial charge is 0.364 e. The third kappa shape index (κ3) is 5.83. The minimum atomic E-state index is -2.66. The van der Waals surface area contributed by atoms with Crippen molar-refractivity contribution in [2.75, 3.05) is 27.4 Å². The van der Waals surface area contributed by atoms with Crippen molar-refractivity contribution in [1.29, 1.82) is 0 Å². The van der Waals surface area contributed by atoms with Gasteiger partial charge in [-0.1, -0.05) is 0 Å². The third-order valence-corrected chi connectivity index (χ3v) is 5.88. The van der Waals surface area contributed by atoms with Gasteiger partial charge in [-0.25, -0.2) is 4.79 Å². The third-order valence-electron chi connectivity index (χ3n) is 5.88. The molecule has 2 aliphatic heterocycles. The molecule has 0 bridgehead atoms. The van der Waals surface area contributed by atoms with Crippen LogP contribution in [0.3, 0.4) is 0 Å². The van der Waals surface area contributed by atoms with E-state index in [0.717, 1.165) is 7.11 Å². The maximum atomic E-state index is 12.4. The van der Waals surface area contributed by atoms with E-state index in [0.29, 0.717) is 0 Å². The second kappa shape index (κ2) is 12.0. The molecule has 15 heteroatoms. The zero-order valence-electron chi connectivity index (χ0n) is 18.9. The Bertz CT molecular complexity index is 696. The topological polar surface area (TPSA) is 234 Å². The molecule has 0 spiro atoms. The Morgan fingerprint density at radius 3 is 2.29 bits per heavy atom. The normalized spacial score (nSPS) is 40.4. The van der Waals surface area contributed by atoms with Crippen molar-refractivity contribution in [1.82, 2.24) is 5.32 Å². The van der Waals surface area contributed by atoms with Crippen molar-refractivity contribution in [3.05, 3.63) is 0 Å². The van der Waals surface area contributed by atoms with Crippen LogP contribution in [0.15, 0.2) is 0 Å². The Labute approximate surface area is 194 Å². The summed E-state index contributed by atoms with van der Waals surface area (Å²) in [5.41, 5.74) is 0. The minimum absolute atomic E-state index is 0.540. The van der Waals surface area contributed by atoms with E-state index in [2.05, 4.69) is 5.32 Å². The standard InChI is InChI=1S/C19H33NO14/c1-7(23)20-11-9(30-2)4-19(18(28)29,33-15(11)14(31-3)8(24)5-21)34-16-12(25)10(6-22)32-17(27)13(16)26/h8-17,21-22,24-27H,4-6H2,1-3H3,(H,20,23)(H,28,29)/t8-,9+,10-,11-,12+,13-,14-,15-,16+,17?,19+/m1/s1. The highest BCUT2D eigenvalue weighted by atomic mass is 16.7. The zero-order valence-corrected chi connectivity index (χ0v) is 18.9. The van der Waals surface area contributed by atoms with Gasteiger partial charge >= 0.3 is 5.97 Å². The van der Waals surface area contributed by atoms with Gasteiger partial charge in [0.2, 0.25) is 5.91 Å². The molecular formula is C19H33NO14. The number of methoxy groups -OCH3 is 2. The summed E-state index contributed by atoms with van der Waals surface area (Å²) in [5, 5.41) is 72.4. The van der Waals surface area contributed by atoms with Crippen LogP contribution in [0.25, 0.3) is 0 Å². The summed E-state index contributed by atoms with van der Waals surface area (Å²) in [6.45, 7) is -0.394. The molecule has 1 unspecified atom stereocenters. The minimum Gasteiger partial charge on any atom is -0.477 e. The first kappa shape index (κ1) is 28.7. The van der Waals surface area contributed by atoms with Gasteiger partial charge in [0.05, 0.1) is 25.4 Å². The van der Waals surface area contributed by atoms with Gasteiger partial charge in [0.15, 0.2) is 6.29 Å². The molecule has 0 radical (unpaired) electrons. The van der Waals surface area contributed by atoms with Gasteiger partial charge in [-0.2, -0.15) is 0 Å². The van der Waals surface area contributed by atoms with Crippen LogP contribution in [-0.4, -0.2) is 142 Å². The van der Waals surface area contributed by atoms with Gasteiger partial charge in [-0.05, 0) is 0 Å². The number of aliphatic hydroxyl groups is 6. The molecule has 0 aromatic carbocycles. The molecule has 2 heterocycles. The number of carbonyl (C=O) groups excluding carboxylic acids is 1. The molecule has 0 aromatic heterocycles. The van der Waals surface area contributed by atoms with E-state index in [4.69, 9.17) is 23.7 Å². The monoisotopic (exact) mass is 499 g/mol. The molecule has 0 saturated carbocycles. The first-order chi connectivity index (χ1) is 16.0. The second-order valence-corrected chi connectivity index (χ2v) is 8.11. The quantitative estimate of drug-likeness (QED) is 0.141. The molecule has 8 N–H and O–H groups in total. The van der Waals surface area contributed by atoms with E-state index >= 15 is 0 Å². The number of aliphatic carboxylic acids is 1. The number of hydrogen-bond donors (Lipinski definition) is 8. The molecule has 11 atom stereocenters. The van der Waals surface area contributed by atoms with E-state index in [1.807, 2.05) is 0 Å². The number of aliphatic hydroxyl groups excluding tert-OH is 6. The lowest BCUT2D eigenvalue weighted by atomic mass is 9.87. The number of nitrogens with one attached hydrogen (secondary N) is 1. The van der Waals surface area contributed by atoms with Gasteiger partial charge in [-0.15, -0.1) is 0 Å². The number of carboxylic acids is 1. The van der Waals surface area contributed by atoms with Crippen LogP contribution < -0.4 is 5.32 Å². The Morgan fingerprint density at radius 1 is 1.18 bits per heavy atom. The van der Waals surface area contributed by atoms with Gasteiger partial charge in [0.1, 0.15) is 42.7 Å². The summed E-state index contributed by atoms with van der Waals surface area (Å²) in [6.07, 6.45) is -15.0. The van der Waals surface area contributed by atoms with Crippen molar-refractivity contribution in [2.45, 2.75) is 80.3 Å². The van der Waals surface area contributed by atoms with Crippen molar-refractivity contribution in [2.24, 2.45) is 0 Å². The lowest BCUT2D eigenvalue weighted by molar-refractivity contribution is -0.367. The number of carboxylic acid groups (broad SMARTS) is 1. The highest BCUT2D eigenvalue weighted by molar-refractivity contribution is 5.76. The molecule has 0 aromatic rings. The summed E-state index contributed by atoms with van der Waals surface area (Å²) in [7, 11) is 2.38. The van der Waals surface area contributed by atoms with Crippen molar-refractivity contribution >= 4 is 11.9 Å². The summed E-state index contributed by atoms with van der Waals surface area (Å²) in [6, 6.07) is -1.08. The van der Waals surface area contributed by atoms with Crippen molar-refractivity contribution in [3.8, 4) is 0 Å². The average Bonchev–Trinajstić information content (AvgIpc) is 2.80. The molecule has 34 heavy (non-hydrogen) atoms. The maximum absolute atomic E-state index is 12.4. The highest BCUT2D eigenvalue weighted by Crippen LogP contribution is 2.38. The first-order valence-corrected chi connectivity index (χ1v) is 10.5. The average molecular weight is 499 g/mol. The molecular weight excluding hydrogens is 466 g/mol. The van der Waals surface area contributed by atoms with E-state index in [-0.39, 0.29) is 0 Å². The molecule has 0 aliphatic carbocycles. The van der Waals surface area contributed by atoms with Crippen LogP contribution in [0.5, 0.6) is 0 Å². The number of ether oxygens (including phenoxy) is 5. The molecule has 1 amide bonds. The Kier molecular flexibility index (Phi) is 10.1. The van der Waals surface area contributed by atoms with Crippen molar-refractivity contribution < 1.29 is 69.0 Å². The molecule has 15 nitrogen and oxygen atoms in total. The summed E-state index contributed by atoms with van der Waals surface area (Å²) in [5.74, 6) is -4.92. The summed E-state index contributed by atoms with van der Waals surface area (Å²) >= 11 is 0. The predicted octanol–water partition coefficient (Wildman–Crippen LogP) is -4.74. The molecule has 2 saturated heterocycles. The first-order valence-electron chi connectivity index (χ1n) is 10.5. The Hall–Kier alpha value is -1.50. The van der Waals surface area contributed by atoms with E-state index in [9.17, 15) is 45.3 Å². The van der Waals surface area contributed by atoms with Gasteiger partial charge in [0.25, 0.3) is 5.79 Å². The lowest BCUT2D eigenvalue weighted by Gasteiger charge is -2.50. The number of carbonyl (C=O) groups is 2. The van der Waals surface area contributed by atoms with Gasteiger partial charge in [-0.3, -0.25) is 4.79 Å². The van der Waals surface area contributed by atoms with Crippen LogP contribution in [0.1, 0.15) is 13.3 Å². The Morgan fingerprint density at radius 2 is 1.82 bits per heavy atom. The van der Waals surface area contributed by atoms with Gasteiger partial charge < -0.3 is 64.7 Å². The van der Waals surface area contributed by atoms with Crippen LogP contribution >= 0.6 is 0 Å². The predicted molar refractivity (Wildman–Crippen MR) is 107 cm³/mol. The number of amides is 1. The summed E-state index contributed by atoms with van der Waals surface area (Å²) < 4.78 is 26.8. The molecule has 198 valence electrons. The lowest BCUT2D eigenvalue weighted by Crippen LogP contribution is -2.70. The fourth-order valence-electron chi connectivity index (χ4n) is 4.16. The maximum Gasteiger partial charge on any atom is 0.364 e. The van der Waals surface area contributed by atoms with Crippen LogP contribution in [-0.2, 0) is 33.3 Å². The van der Waals surface area contributed by atoms with E-state index in [1.54, 1.807) is 0 Å². The molecule has 2 fully saturated rings. The zero-order chi connectivity index (χ0) is 25.8. The van der Waals surface area contributed by atoms with Crippen molar-refractivity contribution in [3.63, 3.8) is 0 Å². The van der Waals surface area contributed by atoms with Crippen LogP contribution in [0, 0.1) is 0 Å². The number of hydrogen-bond acceptors (Lipinski definition) is 13. The SMILES string of the molecule is CO[C@@H]([C@@H]1O[C@@](O[C@H]2[C@@H](O)[C@@H](CO)OC(O)[C@@H]2O)(C(=O)O)C[C@H](OC)[C@H]1NC(C)=O)[C@H](O)CO. The van der Waals surface area contributed by atoms with E-state index in [1.165, 1.54) is 14.0 Å². The second-order valence-electron chi connectivity index (χ2n) is 8.11. The largest absolute Gasteiger partial charge is 0.477 e. The van der Waals surface area contributed by atoms with Gasteiger partial charge in [0, 0.05) is 27.6 Å². The van der Waals surface area contributed by atoms with Crippen LogP contribution in [0.2, 0.25) is 0 Å². The van der Waals surface area contributed by atoms with Crippen LogP contribution in [0.4, 0.5) is 0 Å². The Balaban J connectivity index is 2.52. The number of rotatable bonds is 10. The molecule has 2 rings (SSSR count). The fraction of sp³-hybridized carbons (Fsp3) is 0.895. The van der Waals surface area contributed by atoms with E-state index < -0.39 is 98.5 Å². The molecule has 2 aliphatic rings. The fourth-order valence-corrected chi connectivity index (χ4v) is 4.16. The summed E-state index contributed by atoms with van der Waals surface area (Å²) in [4.78, 5) is 24.2. The highest BCUT2D eigenvalue weighted by Gasteiger charge is 2.59.